The highest BCUT2D eigenvalue weighted by atomic mass is 16.1. The summed E-state index contributed by atoms with van der Waals surface area (Å²) in [6, 6.07) is 5.28. The predicted molar refractivity (Wildman–Crippen MR) is 73.9 cm³/mol. The number of nitrogens with one attached hydrogen (secondary N) is 1. The maximum Gasteiger partial charge on any atom is 0.250 e. The summed E-state index contributed by atoms with van der Waals surface area (Å²) in [5.74, 6) is 0. The number of piperidine rings is 1. The Morgan fingerprint density at radius 1 is 1.06 bits per heavy atom. The first-order chi connectivity index (χ1) is 8.86. The fraction of sp³-hybridized carbons (Fsp3) is 0.643. The molecule has 0 atom stereocenters. The van der Waals surface area contributed by atoms with Crippen molar-refractivity contribution < 1.29 is 0 Å². The van der Waals surface area contributed by atoms with Crippen molar-refractivity contribution in [2.24, 2.45) is 0 Å². The summed E-state index contributed by atoms with van der Waals surface area (Å²) in [4.78, 5) is 14.0. The number of pyridine rings is 1. The third-order valence-electron chi connectivity index (χ3n) is 3.48. The topological polar surface area (TPSA) is 37.3 Å². The second-order valence-corrected chi connectivity index (χ2v) is 4.88. The summed E-state index contributed by atoms with van der Waals surface area (Å²) < 4.78 is 1.74. The van der Waals surface area contributed by atoms with Gasteiger partial charge in [0.1, 0.15) is 0 Å². The van der Waals surface area contributed by atoms with Gasteiger partial charge in [-0.15, -0.1) is 0 Å². The van der Waals surface area contributed by atoms with E-state index in [1.807, 2.05) is 12.3 Å². The Kier molecular flexibility index (Phi) is 5.42. The van der Waals surface area contributed by atoms with Crippen LogP contribution in [0.15, 0.2) is 29.2 Å². The van der Waals surface area contributed by atoms with Crippen LogP contribution in [0.25, 0.3) is 0 Å². The van der Waals surface area contributed by atoms with Crippen molar-refractivity contribution in [2.45, 2.75) is 25.8 Å². The van der Waals surface area contributed by atoms with Crippen molar-refractivity contribution in [3.05, 3.63) is 34.7 Å². The van der Waals surface area contributed by atoms with E-state index in [1.165, 1.54) is 32.4 Å². The Morgan fingerprint density at radius 2 is 1.83 bits per heavy atom. The highest BCUT2D eigenvalue weighted by molar-refractivity contribution is 4.93. The van der Waals surface area contributed by atoms with Crippen LogP contribution in [-0.4, -0.2) is 42.2 Å². The lowest BCUT2D eigenvalue weighted by molar-refractivity contribution is 0.229. The molecule has 1 fully saturated rings. The molecule has 0 saturated carbocycles. The van der Waals surface area contributed by atoms with Crippen LogP contribution < -0.4 is 10.9 Å². The summed E-state index contributed by atoms with van der Waals surface area (Å²) in [6.07, 6.45) is 5.92. The van der Waals surface area contributed by atoms with E-state index in [-0.39, 0.29) is 5.56 Å². The van der Waals surface area contributed by atoms with Crippen LogP contribution in [0.5, 0.6) is 0 Å². The Morgan fingerprint density at radius 3 is 2.61 bits per heavy atom. The fourth-order valence-electron chi connectivity index (χ4n) is 2.39. The molecule has 18 heavy (non-hydrogen) atoms. The maximum absolute atomic E-state index is 11.5. The molecule has 1 saturated heterocycles. The molecule has 0 aromatic carbocycles. The molecule has 100 valence electrons. The van der Waals surface area contributed by atoms with E-state index >= 15 is 0 Å². The summed E-state index contributed by atoms with van der Waals surface area (Å²) in [7, 11) is 0. The maximum atomic E-state index is 11.5. The van der Waals surface area contributed by atoms with Gasteiger partial charge in [-0.05, 0) is 32.0 Å². The largest absolute Gasteiger partial charge is 0.314 e. The van der Waals surface area contributed by atoms with Crippen LogP contribution in [-0.2, 0) is 6.54 Å². The summed E-state index contributed by atoms with van der Waals surface area (Å²) in [5, 5.41) is 3.41. The minimum Gasteiger partial charge on any atom is -0.314 e. The molecule has 1 aromatic heterocycles. The van der Waals surface area contributed by atoms with Crippen molar-refractivity contribution in [3.8, 4) is 0 Å². The van der Waals surface area contributed by atoms with E-state index in [9.17, 15) is 4.79 Å². The average Bonchev–Trinajstić information content (AvgIpc) is 2.42. The third kappa shape index (κ3) is 4.27. The molecule has 0 amide bonds. The second-order valence-electron chi connectivity index (χ2n) is 4.88. The highest BCUT2D eigenvalue weighted by Gasteiger charge is 2.08. The van der Waals surface area contributed by atoms with Crippen molar-refractivity contribution in [2.75, 3.05) is 32.7 Å². The molecule has 0 unspecified atom stereocenters. The Hall–Kier alpha value is -1.13. The standard InChI is InChI=1S/C14H23N3O/c18-14-6-2-5-11-17(14)13-8-15-7-12-16-9-3-1-4-10-16/h2,5-6,11,15H,1,3-4,7-10,12-13H2. The number of hydrogen-bond acceptors (Lipinski definition) is 3. The number of nitrogens with zero attached hydrogens (tertiary/aromatic N) is 2. The van der Waals surface area contributed by atoms with Gasteiger partial charge in [0.15, 0.2) is 0 Å². The molecule has 0 aliphatic carbocycles. The molecule has 1 aliphatic rings. The van der Waals surface area contributed by atoms with Gasteiger partial charge in [-0.2, -0.15) is 0 Å². The number of likely N-dealkylation sites (tertiary alicyclic amines) is 1. The molecule has 0 bridgehead atoms. The first-order valence-electron chi connectivity index (χ1n) is 6.95. The van der Waals surface area contributed by atoms with Gasteiger partial charge >= 0.3 is 0 Å². The molecular weight excluding hydrogens is 226 g/mol. The molecular formula is C14H23N3O. The van der Waals surface area contributed by atoms with Gasteiger partial charge in [0.25, 0.3) is 5.56 Å². The normalized spacial score (nSPS) is 16.9. The lowest BCUT2D eigenvalue weighted by Crippen LogP contribution is -2.37. The minimum atomic E-state index is 0.0790. The zero-order valence-corrected chi connectivity index (χ0v) is 11.0. The highest BCUT2D eigenvalue weighted by Crippen LogP contribution is 2.07. The van der Waals surface area contributed by atoms with Crippen LogP contribution in [0.2, 0.25) is 0 Å². The van der Waals surface area contributed by atoms with Crippen molar-refractivity contribution in [1.82, 2.24) is 14.8 Å². The molecule has 1 aliphatic heterocycles. The van der Waals surface area contributed by atoms with Gasteiger partial charge in [-0.25, -0.2) is 0 Å². The molecule has 2 heterocycles. The molecule has 1 aromatic rings. The van der Waals surface area contributed by atoms with E-state index in [1.54, 1.807) is 16.7 Å². The smallest absolute Gasteiger partial charge is 0.250 e. The van der Waals surface area contributed by atoms with Crippen molar-refractivity contribution in [1.29, 1.82) is 0 Å². The van der Waals surface area contributed by atoms with Crippen LogP contribution in [0.4, 0.5) is 0 Å². The molecule has 0 spiro atoms. The predicted octanol–water partition coefficient (Wildman–Crippen LogP) is 0.924. The number of aromatic nitrogens is 1. The number of rotatable bonds is 6. The van der Waals surface area contributed by atoms with E-state index in [4.69, 9.17) is 0 Å². The third-order valence-corrected chi connectivity index (χ3v) is 3.48. The van der Waals surface area contributed by atoms with E-state index in [2.05, 4.69) is 10.2 Å². The van der Waals surface area contributed by atoms with Gasteiger partial charge in [0, 0.05) is 38.4 Å². The average molecular weight is 249 g/mol. The minimum absolute atomic E-state index is 0.0790. The SMILES string of the molecule is O=c1ccccn1CCNCCN1CCCCC1. The lowest BCUT2D eigenvalue weighted by Gasteiger charge is -2.26. The summed E-state index contributed by atoms with van der Waals surface area (Å²) >= 11 is 0. The molecule has 2 rings (SSSR count). The van der Waals surface area contributed by atoms with Crippen molar-refractivity contribution in [3.63, 3.8) is 0 Å². The van der Waals surface area contributed by atoms with Gasteiger partial charge in [-0.3, -0.25) is 4.79 Å². The Balaban J connectivity index is 1.58. The van der Waals surface area contributed by atoms with Crippen LogP contribution in [0, 0.1) is 0 Å². The first kappa shape index (κ1) is 13.3. The fourth-order valence-corrected chi connectivity index (χ4v) is 2.39. The second kappa shape index (κ2) is 7.34. The van der Waals surface area contributed by atoms with Gasteiger partial charge in [0.2, 0.25) is 0 Å². The van der Waals surface area contributed by atoms with Crippen LogP contribution in [0.3, 0.4) is 0 Å². The van der Waals surface area contributed by atoms with E-state index in [0.29, 0.717) is 0 Å². The molecule has 1 N–H and O–H groups in total. The lowest BCUT2D eigenvalue weighted by atomic mass is 10.1. The zero-order chi connectivity index (χ0) is 12.6. The van der Waals surface area contributed by atoms with Crippen LogP contribution >= 0.6 is 0 Å². The van der Waals surface area contributed by atoms with E-state index < -0.39 is 0 Å². The molecule has 4 nitrogen and oxygen atoms in total. The molecule has 4 heteroatoms. The van der Waals surface area contributed by atoms with Crippen molar-refractivity contribution >= 4 is 0 Å². The summed E-state index contributed by atoms with van der Waals surface area (Å²) in [5.41, 5.74) is 0.0790. The monoisotopic (exact) mass is 249 g/mol. The molecule has 0 radical (unpaired) electrons. The Bertz CT molecular complexity index is 396. The van der Waals surface area contributed by atoms with Crippen LogP contribution in [0.1, 0.15) is 19.3 Å². The van der Waals surface area contributed by atoms with Gasteiger partial charge in [-0.1, -0.05) is 12.5 Å². The van der Waals surface area contributed by atoms with Gasteiger partial charge in [0.05, 0.1) is 0 Å². The zero-order valence-electron chi connectivity index (χ0n) is 11.0. The Labute approximate surface area is 109 Å². The quantitative estimate of drug-likeness (QED) is 0.762. The van der Waals surface area contributed by atoms with Gasteiger partial charge < -0.3 is 14.8 Å². The van der Waals surface area contributed by atoms with E-state index in [0.717, 1.165) is 26.2 Å². The number of hydrogen-bond donors (Lipinski definition) is 1. The summed E-state index contributed by atoms with van der Waals surface area (Å²) in [6.45, 7) is 6.25. The first-order valence-corrected chi connectivity index (χ1v) is 6.95.